The van der Waals surface area contributed by atoms with Crippen molar-refractivity contribution in [1.29, 1.82) is 5.26 Å². The quantitative estimate of drug-likeness (QED) is 0.787. The molecule has 0 saturated heterocycles. The van der Waals surface area contributed by atoms with E-state index >= 15 is 0 Å². The third kappa shape index (κ3) is 2.21. The number of halogens is 1. The predicted octanol–water partition coefficient (Wildman–Crippen LogP) is 3.92. The summed E-state index contributed by atoms with van der Waals surface area (Å²) in [5.41, 5.74) is 2.15. The molecule has 1 aromatic heterocycles. The minimum Gasteiger partial charge on any atom is -0.256 e. The molecule has 4 heteroatoms. The maximum Gasteiger partial charge on any atom is 0.0855 e. The summed E-state index contributed by atoms with van der Waals surface area (Å²) in [4.78, 5) is 5.48. The number of pyridine rings is 1. The lowest BCUT2D eigenvalue weighted by atomic mass is 10.1. The van der Waals surface area contributed by atoms with E-state index in [2.05, 4.69) is 33.0 Å². The van der Waals surface area contributed by atoms with Crippen molar-refractivity contribution < 1.29 is 0 Å². The summed E-state index contributed by atoms with van der Waals surface area (Å²) in [6.45, 7) is 2.04. The Hall–Kier alpha value is -1.05. The molecule has 0 unspecified atom stereocenters. The van der Waals surface area contributed by atoms with Crippen LogP contribution in [0.25, 0.3) is 10.9 Å². The van der Waals surface area contributed by atoms with Crippen LogP contribution in [-0.4, -0.2) is 10.7 Å². The highest BCUT2D eigenvalue weighted by Gasteiger charge is 2.05. The van der Waals surface area contributed by atoms with E-state index < -0.39 is 0 Å². The van der Waals surface area contributed by atoms with Crippen molar-refractivity contribution in [2.75, 3.05) is 5.75 Å². The Morgan fingerprint density at radius 2 is 2.31 bits per heavy atom. The van der Waals surface area contributed by atoms with Gasteiger partial charge in [-0.15, -0.1) is 11.8 Å². The summed E-state index contributed by atoms with van der Waals surface area (Å²) in [6.07, 6.45) is 1.79. The smallest absolute Gasteiger partial charge is 0.0855 e. The lowest BCUT2D eigenvalue weighted by Gasteiger charge is -2.06. The first-order valence-electron chi connectivity index (χ1n) is 4.77. The van der Waals surface area contributed by atoms with Crippen molar-refractivity contribution in [3.8, 4) is 6.07 Å². The van der Waals surface area contributed by atoms with Crippen molar-refractivity contribution in [3.05, 3.63) is 34.4 Å². The minimum atomic E-state index is 0.463. The Labute approximate surface area is 107 Å². The van der Waals surface area contributed by atoms with E-state index in [1.165, 1.54) is 0 Å². The second-order valence-corrected chi connectivity index (χ2v) is 5.31. The van der Waals surface area contributed by atoms with Crippen LogP contribution in [0.1, 0.15) is 5.56 Å². The van der Waals surface area contributed by atoms with Crippen LogP contribution in [-0.2, 0) is 0 Å². The van der Waals surface area contributed by atoms with Crippen LogP contribution in [0, 0.1) is 18.3 Å². The fourth-order valence-corrected chi connectivity index (χ4v) is 2.86. The summed E-state index contributed by atoms with van der Waals surface area (Å²) < 4.78 is 1.05. The number of rotatable bonds is 2. The molecule has 1 heterocycles. The molecule has 0 bridgehead atoms. The first-order chi connectivity index (χ1) is 7.72. The topological polar surface area (TPSA) is 36.7 Å². The van der Waals surface area contributed by atoms with E-state index in [0.29, 0.717) is 5.75 Å². The molecule has 2 nitrogen and oxygen atoms in total. The monoisotopic (exact) mass is 292 g/mol. The number of benzene rings is 1. The Kier molecular flexibility index (Phi) is 3.47. The van der Waals surface area contributed by atoms with Gasteiger partial charge in [0.2, 0.25) is 0 Å². The molecule has 0 aliphatic rings. The van der Waals surface area contributed by atoms with E-state index in [1.54, 1.807) is 18.0 Å². The van der Waals surface area contributed by atoms with Crippen LogP contribution in [0.15, 0.2) is 33.8 Å². The van der Waals surface area contributed by atoms with Gasteiger partial charge in [0.15, 0.2) is 0 Å². The number of nitriles is 1. The maximum atomic E-state index is 8.61. The van der Waals surface area contributed by atoms with Gasteiger partial charge < -0.3 is 0 Å². The van der Waals surface area contributed by atoms with Crippen LogP contribution < -0.4 is 0 Å². The van der Waals surface area contributed by atoms with Crippen LogP contribution in [0.3, 0.4) is 0 Å². The second-order valence-electron chi connectivity index (χ2n) is 3.37. The molecule has 2 rings (SSSR count). The third-order valence-corrected chi connectivity index (χ3v) is 3.65. The number of aromatic nitrogens is 1. The lowest BCUT2D eigenvalue weighted by molar-refractivity contribution is 1.32. The molecular formula is C12H9BrN2S. The molecule has 0 aliphatic heterocycles. The highest BCUT2D eigenvalue weighted by atomic mass is 79.9. The van der Waals surface area contributed by atoms with E-state index in [-0.39, 0.29) is 0 Å². The summed E-state index contributed by atoms with van der Waals surface area (Å²) in [5.74, 6) is 0.463. The van der Waals surface area contributed by atoms with Crippen LogP contribution in [0.2, 0.25) is 0 Å². The van der Waals surface area contributed by atoms with Crippen molar-refractivity contribution in [3.63, 3.8) is 0 Å². The molecule has 16 heavy (non-hydrogen) atoms. The molecule has 0 radical (unpaired) electrons. The van der Waals surface area contributed by atoms with E-state index in [0.717, 1.165) is 25.8 Å². The summed E-state index contributed by atoms with van der Waals surface area (Å²) >= 11 is 5.03. The lowest BCUT2D eigenvalue weighted by Crippen LogP contribution is -1.86. The largest absolute Gasteiger partial charge is 0.256 e. The summed E-state index contributed by atoms with van der Waals surface area (Å²) in [7, 11) is 0. The third-order valence-electron chi connectivity index (χ3n) is 2.25. The van der Waals surface area contributed by atoms with E-state index in [4.69, 9.17) is 5.26 Å². The Balaban J connectivity index is 2.63. The average Bonchev–Trinajstić information content (AvgIpc) is 2.26. The standard InChI is InChI=1S/C12H9BrN2S/c1-8-6-9(13)7-10-11(16-5-3-14)2-4-15-12(8)10/h2,4,6-7H,5H2,1H3. The molecule has 2 aromatic rings. The number of thioether (sulfide) groups is 1. The van der Waals surface area contributed by atoms with Crippen LogP contribution in [0.5, 0.6) is 0 Å². The Bertz CT molecular complexity index is 575. The molecule has 1 aromatic carbocycles. The van der Waals surface area contributed by atoms with Gasteiger partial charge in [-0.1, -0.05) is 15.9 Å². The van der Waals surface area contributed by atoms with Gasteiger partial charge in [0.1, 0.15) is 0 Å². The van der Waals surface area contributed by atoms with Gasteiger partial charge in [-0.25, -0.2) is 0 Å². The molecule has 80 valence electrons. The molecule has 0 amide bonds. The summed E-state index contributed by atoms with van der Waals surface area (Å²) in [6, 6.07) is 8.20. The number of hydrogen-bond donors (Lipinski definition) is 0. The number of aryl methyl sites for hydroxylation is 1. The average molecular weight is 293 g/mol. The SMILES string of the molecule is Cc1cc(Br)cc2c(SCC#N)ccnc12. The van der Waals surface area contributed by atoms with Gasteiger partial charge in [0, 0.05) is 21.0 Å². The van der Waals surface area contributed by atoms with Gasteiger partial charge in [-0.3, -0.25) is 4.98 Å². The van der Waals surface area contributed by atoms with Gasteiger partial charge in [0.25, 0.3) is 0 Å². The van der Waals surface area contributed by atoms with E-state index in [1.807, 2.05) is 19.1 Å². The van der Waals surface area contributed by atoms with E-state index in [9.17, 15) is 0 Å². The molecule has 0 saturated carbocycles. The molecule has 0 fully saturated rings. The maximum absolute atomic E-state index is 8.61. The molecular weight excluding hydrogens is 284 g/mol. The molecule has 0 N–H and O–H groups in total. The first kappa shape index (κ1) is 11.4. The van der Waals surface area contributed by atoms with Crippen LogP contribution in [0.4, 0.5) is 0 Å². The second kappa shape index (κ2) is 4.86. The van der Waals surface area contributed by atoms with Crippen LogP contribution >= 0.6 is 27.7 Å². The molecule has 0 atom stereocenters. The zero-order chi connectivity index (χ0) is 11.5. The van der Waals surface area contributed by atoms with Gasteiger partial charge in [-0.05, 0) is 30.7 Å². The number of hydrogen-bond acceptors (Lipinski definition) is 3. The van der Waals surface area contributed by atoms with Crippen molar-refractivity contribution in [2.24, 2.45) is 0 Å². The predicted molar refractivity (Wildman–Crippen MR) is 70.5 cm³/mol. The normalized spacial score (nSPS) is 10.3. The minimum absolute atomic E-state index is 0.463. The van der Waals surface area contributed by atoms with Crippen molar-refractivity contribution in [2.45, 2.75) is 11.8 Å². The highest BCUT2D eigenvalue weighted by Crippen LogP contribution is 2.30. The highest BCUT2D eigenvalue weighted by molar-refractivity contribution is 9.10. The Morgan fingerprint density at radius 1 is 1.50 bits per heavy atom. The Morgan fingerprint density at radius 3 is 3.06 bits per heavy atom. The fourth-order valence-electron chi connectivity index (χ4n) is 1.60. The van der Waals surface area contributed by atoms with Gasteiger partial charge in [0.05, 0.1) is 17.3 Å². The zero-order valence-corrected chi connectivity index (χ0v) is 11.1. The van der Waals surface area contributed by atoms with Crippen molar-refractivity contribution in [1.82, 2.24) is 4.98 Å². The van der Waals surface area contributed by atoms with Gasteiger partial charge in [-0.2, -0.15) is 5.26 Å². The number of nitrogens with zero attached hydrogens (tertiary/aromatic N) is 2. The first-order valence-corrected chi connectivity index (χ1v) is 6.55. The molecule has 0 spiro atoms. The number of fused-ring (bicyclic) bond motifs is 1. The fraction of sp³-hybridized carbons (Fsp3) is 0.167. The zero-order valence-electron chi connectivity index (χ0n) is 8.70. The molecule has 0 aliphatic carbocycles. The van der Waals surface area contributed by atoms with Crippen molar-refractivity contribution >= 4 is 38.6 Å². The van der Waals surface area contributed by atoms with Gasteiger partial charge >= 0.3 is 0 Å². The summed E-state index contributed by atoms with van der Waals surface area (Å²) in [5, 5.41) is 9.72.